The minimum Gasteiger partial charge on any atom is -0.311 e. The van der Waals surface area contributed by atoms with Crippen LogP contribution in [0.1, 0.15) is 25.0 Å². The van der Waals surface area contributed by atoms with E-state index in [1.54, 1.807) is 0 Å². The molecule has 0 spiro atoms. The summed E-state index contributed by atoms with van der Waals surface area (Å²) in [4.78, 5) is 0. The Hall–Kier alpha value is -1.82. The smallest absolute Gasteiger partial charge is 0.141 e. The van der Waals surface area contributed by atoms with Crippen molar-refractivity contribution in [2.45, 2.75) is 13.8 Å². The van der Waals surface area contributed by atoms with E-state index < -0.39 is 0 Å². The van der Waals surface area contributed by atoms with E-state index in [2.05, 4.69) is 90.2 Å². The molecule has 0 heterocycles. The number of quaternary nitrogens is 1. The molecule has 0 bridgehead atoms. The number of benzene rings is 2. The van der Waals surface area contributed by atoms with Crippen LogP contribution in [0.25, 0.3) is 6.08 Å². The zero-order chi connectivity index (χ0) is 17.3. The molecule has 0 unspecified atom stereocenters. The SMILES string of the molecule is CC[N+](CC)(CC#Cc1ccc(Br)cc1)CC=Cc1ccccc1. The van der Waals surface area contributed by atoms with Crippen molar-refractivity contribution in [3.05, 3.63) is 76.3 Å². The van der Waals surface area contributed by atoms with Crippen LogP contribution in [0, 0.1) is 11.8 Å². The summed E-state index contributed by atoms with van der Waals surface area (Å²) in [5.74, 6) is 6.68. The molecule has 0 radical (unpaired) electrons. The van der Waals surface area contributed by atoms with E-state index in [9.17, 15) is 0 Å². The minimum atomic E-state index is 0.877. The molecule has 0 fully saturated rings. The highest BCUT2D eigenvalue weighted by Crippen LogP contribution is 2.11. The van der Waals surface area contributed by atoms with Crippen molar-refractivity contribution >= 4 is 22.0 Å². The summed E-state index contributed by atoms with van der Waals surface area (Å²) in [5, 5.41) is 0. The second kappa shape index (κ2) is 9.47. The first kappa shape index (κ1) is 18.5. The molecule has 0 saturated carbocycles. The second-order valence-corrected chi connectivity index (χ2v) is 6.85. The van der Waals surface area contributed by atoms with E-state index in [0.717, 1.165) is 40.7 Å². The summed E-state index contributed by atoms with van der Waals surface area (Å²) in [6.45, 7) is 8.57. The third-order valence-electron chi connectivity index (χ3n) is 4.44. The predicted octanol–water partition coefficient (Wildman–Crippen LogP) is 5.37. The van der Waals surface area contributed by atoms with Crippen molar-refractivity contribution < 1.29 is 4.48 Å². The molecule has 0 atom stereocenters. The van der Waals surface area contributed by atoms with Gasteiger partial charge in [-0.05, 0) is 55.7 Å². The van der Waals surface area contributed by atoms with Gasteiger partial charge in [0, 0.05) is 10.0 Å². The van der Waals surface area contributed by atoms with Gasteiger partial charge in [-0.3, -0.25) is 0 Å². The molecule has 1 nitrogen and oxygen atoms in total. The standard InChI is InChI=1S/C22H25BrN/c1-3-24(4-2,18-8-12-20-10-6-5-7-11-20)19-9-13-21-14-16-22(23)17-15-21/h5-8,10-12,14-17H,3-4,18-19H2,1-2H3/q+1. The molecule has 0 amide bonds. The molecule has 124 valence electrons. The number of nitrogens with zero attached hydrogens (tertiary/aromatic N) is 1. The zero-order valence-electron chi connectivity index (χ0n) is 14.5. The molecule has 2 aromatic rings. The van der Waals surface area contributed by atoms with Gasteiger partial charge in [-0.2, -0.15) is 0 Å². The van der Waals surface area contributed by atoms with Gasteiger partial charge in [-0.25, -0.2) is 0 Å². The average Bonchev–Trinajstić information content (AvgIpc) is 2.63. The van der Waals surface area contributed by atoms with Crippen LogP contribution in [-0.4, -0.2) is 30.7 Å². The van der Waals surface area contributed by atoms with Crippen molar-refractivity contribution in [3.63, 3.8) is 0 Å². The Labute approximate surface area is 154 Å². The molecule has 2 aromatic carbocycles. The van der Waals surface area contributed by atoms with Crippen LogP contribution in [0.4, 0.5) is 0 Å². The Morgan fingerprint density at radius 3 is 2.25 bits per heavy atom. The quantitative estimate of drug-likeness (QED) is 0.465. The van der Waals surface area contributed by atoms with Crippen LogP contribution in [0.5, 0.6) is 0 Å². The molecule has 0 aromatic heterocycles. The highest BCUT2D eigenvalue weighted by molar-refractivity contribution is 9.10. The molecule has 0 aliphatic heterocycles. The molecular formula is C22H25BrN+. The summed E-state index contributed by atoms with van der Waals surface area (Å²) in [6.07, 6.45) is 4.49. The lowest BCUT2D eigenvalue weighted by Gasteiger charge is -2.33. The first-order valence-electron chi connectivity index (χ1n) is 8.48. The molecule has 24 heavy (non-hydrogen) atoms. The summed E-state index contributed by atoms with van der Waals surface area (Å²) in [5.41, 5.74) is 2.33. The summed E-state index contributed by atoms with van der Waals surface area (Å²) in [7, 11) is 0. The summed E-state index contributed by atoms with van der Waals surface area (Å²) >= 11 is 3.46. The van der Waals surface area contributed by atoms with Gasteiger partial charge in [-0.15, -0.1) is 0 Å². The third-order valence-corrected chi connectivity index (χ3v) is 4.96. The predicted molar refractivity (Wildman–Crippen MR) is 108 cm³/mol. The summed E-state index contributed by atoms with van der Waals surface area (Å²) in [6, 6.07) is 18.6. The van der Waals surface area contributed by atoms with Gasteiger partial charge >= 0.3 is 0 Å². The van der Waals surface area contributed by atoms with Crippen molar-refractivity contribution in [2.75, 3.05) is 26.2 Å². The number of hydrogen-bond acceptors (Lipinski definition) is 0. The lowest BCUT2D eigenvalue weighted by atomic mass is 10.2. The van der Waals surface area contributed by atoms with Gasteiger partial charge in [0.15, 0.2) is 0 Å². The number of rotatable bonds is 6. The van der Waals surface area contributed by atoms with Crippen molar-refractivity contribution in [1.82, 2.24) is 0 Å². The van der Waals surface area contributed by atoms with E-state index in [4.69, 9.17) is 0 Å². The molecule has 0 saturated heterocycles. The fourth-order valence-electron chi connectivity index (χ4n) is 2.59. The van der Waals surface area contributed by atoms with E-state index in [-0.39, 0.29) is 0 Å². The Balaban J connectivity index is 2.02. The topological polar surface area (TPSA) is 0 Å². The maximum absolute atomic E-state index is 3.46. The fourth-order valence-corrected chi connectivity index (χ4v) is 2.85. The Morgan fingerprint density at radius 2 is 1.62 bits per heavy atom. The van der Waals surface area contributed by atoms with Crippen LogP contribution < -0.4 is 0 Å². The highest BCUT2D eigenvalue weighted by atomic mass is 79.9. The molecule has 2 rings (SSSR count). The first-order valence-corrected chi connectivity index (χ1v) is 9.28. The third kappa shape index (κ3) is 5.67. The van der Waals surface area contributed by atoms with E-state index in [1.807, 2.05) is 18.2 Å². The van der Waals surface area contributed by atoms with Gasteiger partial charge in [0.2, 0.25) is 0 Å². The first-order chi connectivity index (χ1) is 11.7. The van der Waals surface area contributed by atoms with Crippen molar-refractivity contribution in [1.29, 1.82) is 0 Å². The zero-order valence-corrected chi connectivity index (χ0v) is 16.1. The lowest BCUT2D eigenvalue weighted by Crippen LogP contribution is -2.48. The van der Waals surface area contributed by atoms with Gasteiger partial charge < -0.3 is 4.48 Å². The minimum absolute atomic E-state index is 0.877. The van der Waals surface area contributed by atoms with Crippen LogP contribution in [0.15, 0.2) is 65.1 Å². The van der Waals surface area contributed by atoms with Gasteiger partial charge in [0.1, 0.15) is 6.54 Å². The van der Waals surface area contributed by atoms with Gasteiger partial charge in [-0.1, -0.05) is 58.3 Å². The van der Waals surface area contributed by atoms with E-state index in [1.165, 1.54) is 5.56 Å². The molecule has 0 N–H and O–H groups in total. The van der Waals surface area contributed by atoms with Crippen LogP contribution in [-0.2, 0) is 0 Å². The Bertz CT molecular complexity index is 701. The molecule has 2 heteroatoms. The second-order valence-electron chi connectivity index (χ2n) is 5.94. The Morgan fingerprint density at radius 1 is 0.958 bits per heavy atom. The lowest BCUT2D eigenvalue weighted by molar-refractivity contribution is -0.912. The molecule has 0 aliphatic carbocycles. The monoisotopic (exact) mass is 382 g/mol. The van der Waals surface area contributed by atoms with Crippen LogP contribution >= 0.6 is 15.9 Å². The van der Waals surface area contributed by atoms with Crippen molar-refractivity contribution in [2.24, 2.45) is 0 Å². The van der Waals surface area contributed by atoms with E-state index in [0.29, 0.717) is 0 Å². The van der Waals surface area contributed by atoms with Gasteiger partial charge in [0.05, 0.1) is 19.6 Å². The molecule has 0 aliphatic rings. The number of halogens is 1. The summed E-state index contributed by atoms with van der Waals surface area (Å²) < 4.78 is 2.08. The largest absolute Gasteiger partial charge is 0.311 e. The molecular weight excluding hydrogens is 358 g/mol. The van der Waals surface area contributed by atoms with E-state index >= 15 is 0 Å². The van der Waals surface area contributed by atoms with Crippen molar-refractivity contribution in [3.8, 4) is 11.8 Å². The Kier molecular flexibility index (Phi) is 7.31. The highest BCUT2D eigenvalue weighted by Gasteiger charge is 2.19. The normalized spacial score (nSPS) is 11.3. The fraction of sp³-hybridized carbons (Fsp3) is 0.273. The van der Waals surface area contributed by atoms with Crippen LogP contribution in [0.2, 0.25) is 0 Å². The van der Waals surface area contributed by atoms with Gasteiger partial charge in [0.25, 0.3) is 0 Å². The maximum Gasteiger partial charge on any atom is 0.141 e. The average molecular weight is 383 g/mol. The number of hydrogen-bond donors (Lipinski definition) is 0. The maximum atomic E-state index is 3.46. The number of likely N-dealkylation sites (N-methyl/N-ethyl adjacent to an activating group) is 1. The van der Waals surface area contributed by atoms with Crippen LogP contribution in [0.3, 0.4) is 0 Å².